The molecule has 4 rings (SSSR count). The third-order valence-electron chi connectivity index (χ3n) is 5.42. The van der Waals surface area contributed by atoms with E-state index < -0.39 is 12.2 Å². The van der Waals surface area contributed by atoms with Crippen molar-refractivity contribution in [2.24, 2.45) is 10.9 Å². The zero-order valence-electron chi connectivity index (χ0n) is 16.2. The fraction of sp³-hybridized carbons (Fsp3) is 0.450. The molecule has 7 heteroatoms. The van der Waals surface area contributed by atoms with Gasteiger partial charge in [-0.25, -0.2) is 9.79 Å². The first-order valence-corrected chi connectivity index (χ1v) is 9.35. The third-order valence-corrected chi connectivity index (χ3v) is 5.42. The summed E-state index contributed by atoms with van der Waals surface area (Å²) in [6, 6.07) is 9.33. The second kappa shape index (κ2) is 6.40. The van der Waals surface area contributed by atoms with Gasteiger partial charge in [0.25, 0.3) is 5.91 Å². The summed E-state index contributed by atoms with van der Waals surface area (Å²) in [5, 5.41) is 0. The monoisotopic (exact) mass is 367 g/mol. The highest BCUT2D eigenvalue weighted by molar-refractivity contribution is 6.06. The van der Waals surface area contributed by atoms with E-state index in [1.54, 1.807) is 11.9 Å². The number of fused-ring (bicyclic) bond motifs is 3. The zero-order chi connectivity index (χ0) is 19.3. The van der Waals surface area contributed by atoms with Crippen molar-refractivity contribution in [2.75, 3.05) is 20.6 Å². The lowest BCUT2D eigenvalue weighted by Gasteiger charge is -2.38. The van der Waals surface area contributed by atoms with Crippen LogP contribution in [0.2, 0.25) is 0 Å². The number of rotatable bonds is 4. The van der Waals surface area contributed by atoms with Gasteiger partial charge in [0.2, 0.25) is 5.96 Å². The molecular weight excluding hydrogens is 342 g/mol. The molecule has 142 valence electrons. The van der Waals surface area contributed by atoms with Gasteiger partial charge < -0.3 is 14.7 Å². The van der Waals surface area contributed by atoms with Crippen LogP contribution in [0.15, 0.2) is 41.5 Å². The molecule has 0 bridgehead atoms. The number of guanidine groups is 1. The van der Waals surface area contributed by atoms with Crippen LogP contribution in [0.4, 0.5) is 4.79 Å². The number of carbonyl (C=O) groups excluding carboxylic acids is 2. The van der Waals surface area contributed by atoms with Crippen LogP contribution in [0.5, 0.6) is 0 Å². The van der Waals surface area contributed by atoms with Crippen molar-refractivity contribution in [2.45, 2.75) is 32.5 Å². The van der Waals surface area contributed by atoms with E-state index in [-0.39, 0.29) is 11.9 Å². The Labute approximate surface area is 159 Å². The SMILES string of the molecule is CC(C)CCN1C(c2ccccc2)=CN2C1=NC1C2C(=O)N(C)C(=O)N1C. The number of likely N-dealkylation sites (N-methyl/N-ethyl adjacent to an activating group) is 2. The quantitative estimate of drug-likeness (QED) is 0.819. The molecule has 27 heavy (non-hydrogen) atoms. The van der Waals surface area contributed by atoms with Gasteiger partial charge in [0.1, 0.15) is 0 Å². The minimum absolute atomic E-state index is 0.212. The van der Waals surface area contributed by atoms with Crippen LogP contribution in [0, 0.1) is 5.92 Å². The summed E-state index contributed by atoms with van der Waals surface area (Å²) in [6.07, 6.45) is 2.54. The van der Waals surface area contributed by atoms with E-state index in [0.29, 0.717) is 5.92 Å². The first-order chi connectivity index (χ1) is 12.9. The molecule has 0 aromatic heterocycles. The maximum atomic E-state index is 12.8. The maximum Gasteiger partial charge on any atom is 0.328 e. The molecule has 2 atom stereocenters. The summed E-state index contributed by atoms with van der Waals surface area (Å²) >= 11 is 0. The Hall–Kier alpha value is -2.83. The average Bonchev–Trinajstić information content (AvgIpc) is 3.20. The standard InChI is InChI=1S/C20H25N5O2/c1-13(2)10-11-24-15(14-8-6-5-7-9-14)12-25-16-17(21-19(24)25)22(3)20(27)23(4)18(16)26/h5-9,12-13,16-17H,10-11H2,1-4H3. The van der Waals surface area contributed by atoms with Crippen molar-refractivity contribution in [1.82, 2.24) is 19.6 Å². The predicted octanol–water partition coefficient (Wildman–Crippen LogP) is 2.24. The van der Waals surface area contributed by atoms with Crippen LogP contribution in [0.1, 0.15) is 25.8 Å². The van der Waals surface area contributed by atoms with E-state index in [0.717, 1.165) is 30.2 Å². The average molecular weight is 367 g/mol. The lowest BCUT2D eigenvalue weighted by Crippen LogP contribution is -2.63. The second-order valence-corrected chi connectivity index (χ2v) is 7.70. The topological polar surface area (TPSA) is 59.5 Å². The molecule has 0 aliphatic carbocycles. The molecule has 2 unspecified atom stereocenters. The van der Waals surface area contributed by atoms with E-state index in [9.17, 15) is 9.59 Å². The molecule has 0 N–H and O–H groups in total. The summed E-state index contributed by atoms with van der Waals surface area (Å²) in [5.74, 6) is 1.10. The molecule has 3 aliphatic heterocycles. The molecule has 7 nitrogen and oxygen atoms in total. The van der Waals surface area contributed by atoms with Crippen molar-refractivity contribution in [3.63, 3.8) is 0 Å². The number of hydrogen-bond donors (Lipinski definition) is 0. The van der Waals surface area contributed by atoms with Crippen LogP contribution >= 0.6 is 0 Å². The van der Waals surface area contributed by atoms with Gasteiger partial charge in [-0.05, 0) is 17.9 Å². The van der Waals surface area contributed by atoms with Gasteiger partial charge in [0.05, 0.1) is 5.70 Å². The Morgan fingerprint density at radius 1 is 1.11 bits per heavy atom. The summed E-state index contributed by atoms with van der Waals surface area (Å²) in [7, 11) is 3.24. The van der Waals surface area contributed by atoms with Crippen LogP contribution in [0.3, 0.4) is 0 Å². The van der Waals surface area contributed by atoms with Crippen LogP contribution < -0.4 is 0 Å². The molecule has 3 heterocycles. The normalized spacial score (nSPS) is 24.5. The molecule has 0 saturated carbocycles. The fourth-order valence-electron chi connectivity index (χ4n) is 3.81. The number of urea groups is 1. The fourth-order valence-corrected chi connectivity index (χ4v) is 3.81. The van der Waals surface area contributed by atoms with Crippen molar-refractivity contribution < 1.29 is 9.59 Å². The maximum absolute atomic E-state index is 12.8. The van der Waals surface area contributed by atoms with Gasteiger partial charge in [-0.1, -0.05) is 44.2 Å². The van der Waals surface area contributed by atoms with Crippen molar-refractivity contribution >= 4 is 23.6 Å². The highest BCUT2D eigenvalue weighted by Gasteiger charge is 2.53. The summed E-state index contributed by atoms with van der Waals surface area (Å²) in [6.45, 7) is 5.21. The molecular formula is C20H25N5O2. The van der Waals surface area contributed by atoms with Crippen molar-refractivity contribution in [3.8, 4) is 0 Å². The second-order valence-electron chi connectivity index (χ2n) is 7.70. The van der Waals surface area contributed by atoms with E-state index in [2.05, 4.69) is 30.9 Å². The van der Waals surface area contributed by atoms with Gasteiger partial charge in [0.15, 0.2) is 12.2 Å². The van der Waals surface area contributed by atoms with E-state index in [1.165, 1.54) is 11.9 Å². The summed E-state index contributed by atoms with van der Waals surface area (Å²) < 4.78 is 0. The Bertz CT molecular complexity index is 832. The number of imide groups is 1. The van der Waals surface area contributed by atoms with Gasteiger partial charge >= 0.3 is 6.03 Å². The molecule has 3 amide bonds. The lowest BCUT2D eigenvalue weighted by molar-refractivity contribution is -0.135. The Kier molecular flexibility index (Phi) is 4.17. The highest BCUT2D eigenvalue weighted by atomic mass is 16.2. The predicted molar refractivity (Wildman–Crippen MR) is 103 cm³/mol. The first-order valence-electron chi connectivity index (χ1n) is 9.35. The van der Waals surface area contributed by atoms with E-state index in [4.69, 9.17) is 4.99 Å². The van der Waals surface area contributed by atoms with Gasteiger partial charge in [-0.3, -0.25) is 9.69 Å². The zero-order valence-corrected chi connectivity index (χ0v) is 16.2. The van der Waals surface area contributed by atoms with E-state index in [1.807, 2.05) is 29.3 Å². The minimum Gasteiger partial charge on any atom is -0.310 e. The number of carbonyl (C=O) groups is 2. The molecule has 0 radical (unpaired) electrons. The molecule has 1 aromatic rings. The van der Waals surface area contributed by atoms with Crippen LogP contribution in [-0.2, 0) is 4.79 Å². The number of aliphatic imine (C=N–C) groups is 1. The first kappa shape index (κ1) is 17.6. The molecule has 1 fully saturated rings. The molecule has 0 spiro atoms. The van der Waals surface area contributed by atoms with Crippen LogP contribution in [0.25, 0.3) is 5.70 Å². The summed E-state index contributed by atoms with van der Waals surface area (Å²) in [4.78, 5) is 36.8. The largest absolute Gasteiger partial charge is 0.328 e. The van der Waals surface area contributed by atoms with Crippen molar-refractivity contribution in [1.29, 1.82) is 0 Å². The van der Waals surface area contributed by atoms with Crippen LogP contribution in [-0.4, -0.2) is 70.3 Å². The number of hydrogen-bond acceptors (Lipinski definition) is 5. The number of amides is 3. The highest BCUT2D eigenvalue weighted by Crippen LogP contribution is 2.37. The molecule has 3 aliphatic rings. The smallest absolute Gasteiger partial charge is 0.310 e. The molecule has 1 aromatic carbocycles. The Morgan fingerprint density at radius 3 is 2.48 bits per heavy atom. The summed E-state index contributed by atoms with van der Waals surface area (Å²) in [5.41, 5.74) is 2.14. The van der Waals surface area contributed by atoms with Gasteiger partial charge in [0, 0.05) is 26.8 Å². The van der Waals surface area contributed by atoms with Crippen molar-refractivity contribution in [3.05, 3.63) is 42.1 Å². The Morgan fingerprint density at radius 2 is 1.81 bits per heavy atom. The van der Waals surface area contributed by atoms with Gasteiger partial charge in [-0.2, -0.15) is 0 Å². The Balaban J connectivity index is 1.73. The number of benzene rings is 1. The molecule has 1 saturated heterocycles. The van der Waals surface area contributed by atoms with Gasteiger partial charge in [-0.15, -0.1) is 0 Å². The third kappa shape index (κ3) is 2.69. The lowest BCUT2D eigenvalue weighted by atomic mass is 10.1. The van der Waals surface area contributed by atoms with E-state index >= 15 is 0 Å². The minimum atomic E-state index is -0.504. The number of nitrogens with zero attached hydrogens (tertiary/aromatic N) is 5.